The van der Waals surface area contributed by atoms with Crippen molar-refractivity contribution >= 4 is 0 Å². The molecule has 2 saturated carbocycles. The molecule has 0 bridgehead atoms. The molecular formula is C15H21N. The molecule has 0 heterocycles. The topological polar surface area (TPSA) is 26.0 Å². The van der Waals surface area contributed by atoms with Crippen molar-refractivity contribution in [1.82, 2.24) is 0 Å². The Morgan fingerprint density at radius 1 is 1.19 bits per heavy atom. The molecule has 3 rings (SSSR count). The Bertz CT molecular complexity index is 400. The molecule has 1 heteroatoms. The van der Waals surface area contributed by atoms with E-state index in [9.17, 15) is 0 Å². The van der Waals surface area contributed by atoms with Crippen molar-refractivity contribution in [2.24, 2.45) is 23.5 Å². The van der Waals surface area contributed by atoms with E-state index >= 15 is 0 Å². The minimum atomic E-state index is 0.287. The van der Waals surface area contributed by atoms with Crippen LogP contribution in [0.5, 0.6) is 0 Å². The van der Waals surface area contributed by atoms with Gasteiger partial charge in [-0.25, -0.2) is 0 Å². The lowest BCUT2D eigenvalue weighted by Gasteiger charge is -2.17. The fraction of sp³-hybridized carbons (Fsp3) is 0.600. The average Bonchev–Trinajstić information content (AvgIpc) is 2.75. The van der Waals surface area contributed by atoms with Gasteiger partial charge in [0.2, 0.25) is 0 Å². The first-order chi connectivity index (χ1) is 7.70. The van der Waals surface area contributed by atoms with Crippen molar-refractivity contribution in [1.29, 1.82) is 0 Å². The predicted molar refractivity (Wildman–Crippen MR) is 67.2 cm³/mol. The van der Waals surface area contributed by atoms with Crippen LogP contribution in [0, 0.1) is 31.6 Å². The van der Waals surface area contributed by atoms with Gasteiger partial charge in [-0.1, -0.05) is 24.6 Å². The third-order valence-electron chi connectivity index (χ3n) is 4.89. The van der Waals surface area contributed by atoms with Crippen molar-refractivity contribution in [3.63, 3.8) is 0 Å². The predicted octanol–water partition coefficient (Wildman–Crippen LogP) is 3.35. The molecule has 3 atom stereocenters. The zero-order valence-electron chi connectivity index (χ0n) is 10.2. The number of benzene rings is 1. The van der Waals surface area contributed by atoms with Crippen molar-refractivity contribution < 1.29 is 0 Å². The lowest BCUT2D eigenvalue weighted by Crippen LogP contribution is -2.17. The van der Waals surface area contributed by atoms with Gasteiger partial charge in [0.15, 0.2) is 0 Å². The fourth-order valence-corrected chi connectivity index (χ4v) is 3.75. The Balaban J connectivity index is 1.85. The molecule has 2 fully saturated rings. The highest BCUT2D eigenvalue weighted by Gasteiger charge is 2.55. The van der Waals surface area contributed by atoms with Crippen molar-refractivity contribution in [3.05, 3.63) is 34.9 Å². The maximum absolute atomic E-state index is 6.46. The normalized spacial score (nSPS) is 33.6. The smallest absolute Gasteiger partial charge is 0.0331 e. The van der Waals surface area contributed by atoms with Gasteiger partial charge in [-0.3, -0.25) is 0 Å². The number of nitrogens with two attached hydrogens (primary N) is 1. The van der Waals surface area contributed by atoms with E-state index in [1.165, 1.54) is 36.0 Å². The summed E-state index contributed by atoms with van der Waals surface area (Å²) in [4.78, 5) is 0. The highest BCUT2D eigenvalue weighted by molar-refractivity contribution is 5.36. The van der Waals surface area contributed by atoms with E-state index in [0.717, 1.165) is 17.8 Å². The van der Waals surface area contributed by atoms with Crippen LogP contribution < -0.4 is 5.73 Å². The maximum atomic E-state index is 6.46. The van der Waals surface area contributed by atoms with Crippen LogP contribution in [0.2, 0.25) is 0 Å². The molecule has 1 aromatic carbocycles. The molecule has 2 aliphatic carbocycles. The summed E-state index contributed by atoms with van der Waals surface area (Å²) >= 11 is 0. The van der Waals surface area contributed by atoms with Gasteiger partial charge in [0.25, 0.3) is 0 Å². The van der Waals surface area contributed by atoms with Crippen LogP contribution in [0.4, 0.5) is 0 Å². The van der Waals surface area contributed by atoms with Gasteiger partial charge in [-0.15, -0.1) is 0 Å². The van der Waals surface area contributed by atoms with Crippen LogP contribution >= 0.6 is 0 Å². The molecule has 1 aromatic rings. The van der Waals surface area contributed by atoms with Gasteiger partial charge in [0.05, 0.1) is 0 Å². The summed E-state index contributed by atoms with van der Waals surface area (Å²) in [7, 11) is 0. The van der Waals surface area contributed by atoms with E-state index in [1.807, 2.05) is 0 Å². The summed E-state index contributed by atoms with van der Waals surface area (Å²) in [5, 5.41) is 0. The van der Waals surface area contributed by atoms with Gasteiger partial charge < -0.3 is 5.73 Å². The number of hydrogen-bond acceptors (Lipinski definition) is 1. The molecule has 3 unspecified atom stereocenters. The number of fused-ring (bicyclic) bond motifs is 1. The SMILES string of the molecule is Cc1cccc(C(N)C2C3CCCC32)c1C. The minimum Gasteiger partial charge on any atom is -0.324 e. The largest absolute Gasteiger partial charge is 0.324 e. The van der Waals surface area contributed by atoms with Crippen LogP contribution in [-0.2, 0) is 0 Å². The fourth-order valence-electron chi connectivity index (χ4n) is 3.75. The summed E-state index contributed by atoms with van der Waals surface area (Å²) in [6, 6.07) is 6.84. The summed E-state index contributed by atoms with van der Waals surface area (Å²) in [5.74, 6) is 2.69. The third kappa shape index (κ3) is 1.41. The first-order valence-electron chi connectivity index (χ1n) is 6.52. The quantitative estimate of drug-likeness (QED) is 0.804. The molecular weight excluding hydrogens is 194 g/mol. The van der Waals surface area contributed by atoms with Crippen LogP contribution in [-0.4, -0.2) is 0 Å². The molecule has 0 saturated heterocycles. The third-order valence-corrected chi connectivity index (χ3v) is 4.89. The van der Waals surface area contributed by atoms with Gasteiger partial charge in [-0.2, -0.15) is 0 Å². The zero-order valence-corrected chi connectivity index (χ0v) is 10.2. The van der Waals surface area contributed by atoms with E-state index in [2.05, 4.69) is 32.0 Å². The van der Waals surface area contributed by atoms with E-state index in [-0.39, 0.29) is 6.04 Å². The van der Waals surface area contributed by atoms with E-state index in [1.54, 1.807) is 0 Å². The molecule has 0 radical (unpaired) electrons. The number of aryl methyl sites for hydroxylation is 1. The Hall–Kier alpha value is -0.820. The van der Waals surface area contributed by atoms with Crippen LogP contribution in [0.3, 0.4) is 0 Å². The number of rotatable bonds is 2. The van der Waals surface area contributed by atoms with Crippen molar-refractivity contribution in [2.75, 3.05) is 0 Å². The number of hydrogen-bond donors (Lipinski definition) is 1. The second-order valence-corrected chi connectivity index (χ2v) is 5.65. The molecule has 0 amide bonds. The average molecular weight is 215 g/mol. The van der Waals surface area contributed by atoms with Gasteiger partial charge in [0, 0.05) is 6.04 Å². The van der Waals surface area contributed by atoms with Gasteiger partial charge >= 0.3 is 0 Å². The Morgan fingerprint density at radius 2 is 1.88 bits per heavy atom. The lowest BCUT2D eigenvalue weighted by molar-refractivity contribution is 0.500. The molecule has 86 valence electrons. The van der Waals surface area contributed by atoms with Gasteiger partial charge in [0.1, 0.15) is 0 Å². The molecule has 1 nitrogen and oxygen atoms in total. The zero-order chi connectivity index (χ0) is 11.3. The highest BCUT2D eigenvalue weighted by atomic mass is 14.7. The second kappa shape index (κ2) is 3.59. The summed E-state index contributed by atoms with van der Waals surface area (Å²) < 4.78 is 0. The van der Waals surface area contributed by atoms with E-state index in [0.29, 0.717) is 0 Å². The molecule has 0 aromatic heterocycles. The van der Waals surface area contributed by atoms with E-state index in [4.69, 9.17) is 5.73 Å². The van der Waals surface area contributed by atoms with Crippen LogP contribution in [0.15, 0.2) is 18.2 Å². The molecule has 2 aliphatic rings. The first kappa shape index (κ1) is 10.3. The monoisotopic (exact) mass is 215 g/mol. The van der Waals surface area contributed by atoms with Gasteiger partial charge in [-0.05, 0) is 61.1 Å². The second-order valence-electron chi connectivity index (χ2n) is 5.65. The van der Waals surface area contributed by atoms with Crippen molar-refractivity contribution in [3.8, 4) is 0 Å². The van der Waals surface area contributed by atoms with Crippen LogP contribution in [0.25, 0.3) is 0 Å². The molecule has 0 spiro atoms. The lowest BCUT2D eigenvalue weighted by atomic mass is 9.92. The highest BCUT2D eigenvalue weighted by Crippen LogP contribution is 2.61. The Labute approximate surface area is 98.0 Å². The van der Waals surface area contributed by atoms with Crippen molar-refractivity contribution in [2.45, 2.75) is 39.2 Å². The summed E-state index contributed by atoms with van der Waals surface area (Å²) in [6.45, 7) is 4.39. The molecule has 2 N–H and O–H groups in total. The standard InChI is InChI=1S/C15H21N/c1-9-5-3-6-11(10(9)2)15(16)14-12-7-4-8-13(12)14/h3,5-6,12-15H,4,7-8,16H2,1-2H3. The Morgan fingerprint density at radius 3 is 2.56 bits per heavy atom. The first-order valence-corrected chi connectivity index (χ1v) is 6.52. The summed E-state index contributed by atoms with van der Waals surface area (Å²) in [6.07, 6.45) is 4.28. The minimum absolute atomic E-state index is 0.287. The molecule has 16 heavy (non-hydrogen) atoms. The maximum Gasteiger partial charge on any atom is 0.0331 e. The van der Waals surface area contributed by atoms with Crippen LogP contribution in [0.1, 0.15) is 42.0 Å². The van der Waals surface area contributed by atoms with E-state index < -0.39 is 0 Å². The molecule has 0 aliphatic heterocycles. The summed E-state index contributed by atoms with van der Waals surface area (Å²) in [5.41, 5.74) is 10.6. The Kier molecular flexibility index (Phi) is 2.32.